The highest BCUT2D eigenvalue weighted by molar-refractivity contribution is 4.67. The summed E-state index contributed by atoms with van der Waals surface area (Å²) >= 11 is 0. The maximum Gasteiger partial charge on any atom is 0.282 e. The minimum Gasteiger partial charge on any atom is -0.331 e. The van der Waals surface area contributed by atoms with Crippen molar-refractivity contribution < 1.29 is 14.2 Å². The van der Waals surface area contributed by atoms with Crippen molar-refractivity contribution in [2.45, 2.75) is 77.6 Å². The first-order valence-corrected chi connectivity index (χ1v) is 7.83. The largest absolute Gasteiger partial charge is 0.331 e. The summed E-state index contributed by atoms with van der Waals surface area (Å²) in [7, 11) is 4.95. The van der Waals surface area contributed by atoms with E-state index in [9.17, 15) is 0 Å². The van der Waals surface area contributed by atoms with E-state index < -0.39 is 5.97 Å². The van der Waals surface area contributed by atoms with Crippen LogP contribution in [0.25, 0.3) is 0 Å². The van der Waals surface area contributed by atoms with Crippen LogP contribution < -0.4 is 0 Å². The van der Waals surface area contributed by atoms with Crippen molar-refractivity contribution in [1.29, 1.82) is 0 Å². The molecule has 0 radical (unpaired) electrons. The normalized spacial score (nSPS) is 13.7. The molecule has 116 valence electrons. The van der Waals surface area contributed by atoms with Crippen LogP contribution >= 0.6 is 0 Å². The maximum absolute atomic E-state index is 5.41. The smallest absolute Gasteiger partial charge is 0.282 e. The van der Waals surface area contributed by atoms with E-state index in [2.05, 4.69) is 13.8 Å². The van der Waals surface area contributed by atoms with E-state index in [-0.39, 0.29) is 0 Å². The molecule has 3 nitrogen and oxygen atoms in total. The van der Waals surface area contributed by atoms with Gasteiger partial charge in [-0.25, -0.2) is 0 Å². The fourth-order valence-electron chi connectivity index (χ4n) is 2.65. The van der Waals surface area contributed by atoms with Crippen molar-refractivity contribution in [3.8, 4) is 0 Å². The Morgan fingerprint density at radius 2 is 1.32 bits per heavy atom. The molecule has 19 heavy (non-hydrogen) atoms. The molecule has 0 aliphatic heterocycles. The van der Waals surface area contributed by atoms with E-state index in [1.165, 1.54) is 51.4 Å². The van der Waals surface area contributed by atoms with E-state index in [1.807, 2.05) is 0 Å². The van der Waals surface area contributed by atoms with Gasteiger partial charge < -0.3 is 14.2 Å². The molecule has 1 unspecified atom stereocenters. The van der Waals surface area contributed by atoms with Crippen molar-refractivity contribution in [1.82, 2.24) is 0 Å². The second kappa shape index (κ2) is 11.7. The summed E-state index contributed by atoms with van der Waals surface area (Å²) in [5.74, 6) is -0.241. The zero-order chi connectivity index (χ0) is 14.6. The topological polar surface area (TPSA) is 27.7 Å². The number of rotatable bonds is 13. The maximum atomic E-state index is 5.41. The zero-order valence-electron chi connectivity index (χ0n) is 13.7. The van der Waals surface area contributed by atoms with Gasteiger partial charge >= 0.3 is 0 Å². The molecule has 0 fully saturated rings. The van der Waals surface area contributed by atoms with Crippen LogP contribution in [0, 0.1) is 5.92 Å². The van der Waals surface area contributed by atoms with Crippen LogP contribution in [0.4, 0.5) is 0 Å². The molecule has 0 aliphatic rings. The van der Waals surface area contributed by atoms with Gasteiger partial charge in [0, 0.05) is 27.8 Å². The van der Waals surface area contributed by atoms with Crippen molar-refractivity contribution in [3.05, 3.63) is 0 Å². The zero-order valence-corrected chi connectivity index (χ0v) is 13.7. The quantitative estimate of drug-likeness (QED) is 0.358. The lowest BCUT2D eigenvalue weighted by Crippen LogP contribution is -2.38. The Labute approximate surface area is 120 Å². The van der Waals surface area contributed by atoms with E-state index in [4.69, 9.17) is 14.2 Å². The minimum atomic E-state index is -0.858. The third-order valence-corrected chi connectivity index (χ3v) is 3.88. The van der Waals surface area contributed by atoms with Crippen LogP contribution in [0.5, 0.6) is 0 Å². The van der Waals surface area contributed by atoms with Gasteiger partial charge in [0.15, 0.2) is 0 Å². The molecule has 0 aliphatic carbocycles. The van der Waals surface area contributed by atoms with Crippen molar-refractivity contribution in [2.24, 2.45) is 5.92 Å². The molecule has 0 aromatic rings. The second-order valence-electron chi connectivity index (χ2n) is 5.36. The van der Waals surface area contributed by atoms with Crippen LogP contribution in [0.2, 0.25) is 0 Å². The lowest BCUT2D eigenvalue weighted by molar-refractivity contribution is -0.359. The summed E-state index contributed by atoms with van der Waals surface area (Å²) in [5.41, 5.74) is 0. The summed E-state index contributed by atoms with van der Waals surface area (Å²) in [5, 5.41) is 0. The Morgan fingerprint density at radius 1 is 0.737 bits per heavy atom. The summed E-state index contributed by atoms with van der Waals surface area (Å²) in [6, 6.07) is 0. The fourth-order valence-corrected chi connectivity index (χ4v) is 2.65. The van der Waals surface area contributed by atoms with Gasteiger partial charge in [0.05, 0.1) is 0 Å². The highest BCUT2D eigenvalue weighted by atomic mass is 16.9. The van der Waals surface area contributed by atoms with Gasteiger partial charge in [-0.05, 0) is 5.92 Å². The number of unbranched alkanes of at least 4 members (excludes halogenated alkanes) is 4. The Kier molecular flexibility index (Phi) is 11.6. The Morgan fingerprint density at radius 3 is 1.79 bits per heavy atom. The lowest BCUT2D eigenvalue weighted by Gasteiger charge is -2.32. The molecule has 0 N–H and O–H groups in total. The first-order chi connectivity index (χ1) is 9.17. The number of methoxy groups -OCH3 is 3. The summed E-state index contributed by atoms with van der Waals surface area (Å²) in [4.78, 5) is 0. The Balaban J connectivity index is 4.15. The first kappa shape index (κ1) is 18.9. The number of hydrogen-bond acceptors (Lipinski definition) is 3. The first-order valence-electron chi connectivity index (χ1n) is 7.83. The third kappa shape index (κ3) is 7.91. The van der Waals surface area contributed by atoms with Gasteiger partial charge in [-0.2, -0.15) is 0 Å². The molecule has 0 aromatic carbocycles. The minimum absolute atomic E-state index is 0.617. The summed E-state index contributed by atoms with van der Waals surface area (Å²) in [6.07, 6.45) is 11.1. The fraction of sp³-hybridized carbons (Fsp3) is 1.00. The van der Waals surface area contributed by atoms with Gasteiger partial charge in [-0.15, -0.1) is 0 Å². The van der Waals surface area contributed by atoms with Crippen molar-refractivity contribution in [2.75, 3.05) is 21.3 Å². The summed E-state index contributed by atoms with van der Waals surface area (Å²) < 4.78 is 16.2. The number of ether oxygens (including phenoxy) is 3. The predicted molar refractivity (Wildman–Crippen MR) is 80.1 cm³/mol. The Bertz CT molecular complexity index is 182. The molecule has 0 saturated carbocycles. The molecule has 0 bridgehead atoms. The SMILES string of the molecule is CCCCCCCC(CCC)CC(OC)(OC)OC. The molecule has 0 rings (SSSR count). The van der Waals surface area contributed by atoms with Crippen LogP contribution in [-0.2, 0) is 14.2 Å². The molecule has 3 heteroatoms. The van der Waals surface area contributed by atoms with E-state index in [0.29, 0.717) is 5.92 Å². The van der Waals surface area contributed by atoms with Crippen LogP contribution in [-0.4, -0.2) is 27.3 Å². The van der Waals surface area contributed by atoms with Crippen LogP contribution in [0.15, 0.2) is 0 Å². The molecule has 1 atom stereocenters. The Hall–Kier alpha value is -0.120. The van der Waals surface area contributed by atoms with Gasteiger partial charge in [-0.1, -0.05) is 65.2 Å². The second-order valence-corrected chi connectivity index (χ2v) is 5.36. The average Bonchev–Trinajstić information content (AvgIpc) is 2.44. The molecule has 0 saturated heterocycles. The molecular weight excluding hydrogens is 240 g/mol. The van der Waals surface area contributed by atoms with Gasteiger partial charge in [-0.3, -0.25) is 0 Å². The van der Waals surface area contributed by atoms with Gasteiger partial charge in [0.25, 0.3) is 5.97 Å². The highest BCUT2D eigenvalue weighted by Gasteiger charge is 2.32. The lowest BCUT2D eigenvalue weighted by atomic mass is 9.92. The monoisotopic (exact) mass is 274 g/mol. The highest BCUT2D eigenvalue weighted by Crippen LogP contribution is 2.29. The summed E-state index contributed by atoms with van der Waals surface area (Å²) in [6.45, 7) is 4.49. The predicted octanol–water partition coefficient (Wildman–Crippen LogP) is 4.75. The molecule has 0 heterocycles. The van der Waals surface area contributed by atoms with E-state index >= 15 is 0 Å². The standard InChI is InChI=1S/C16H34O3/c1-6-8-9-10-11-13-15(12-7-2)14-16(17-3,18-4)19-5/h15H,6-14H2,1-5H3. The molecule has 0 amide bonds. The van der Waals surface area contributed by atoms with Crippen LogP contribution in [0.1, 0.15) is 71.6 Å². The number of hydrogen-bond donors (Lipinski definition) is 0. The van der Waals surface area contributed by atoms with E-state index in [1.54, 1.807) is 21.3 Å². The van der Waals surface area contributed by atoms with E-state index in [0.717, 1.165) is 6.42 Å². The van der Waals surface area contributed by atoms with Crippen molar-refractivity contribution >= 4 is 0 Å². The third-order valence-electron chi connectivity index (χ3n) is 3.88. The van der Waals surface area contributed by atoms with Gasteiger partial charge in [0.2, 0.25) is 0 Å². The van der Waals surface area contributed by atoms with Crippen molar-refractivity contribution in [3.63, 3.8) is 0 Å². The van der Waals surface area contributed by atoms with Gasteiger partial charge in [0.1, 0.15) is 0 Å². The molecule has 0 spiro atoms. The van der Waals surface area contributed by atoms with Crippen LogP contribution in [0.3, 0.4) is 0 Å². The molecular formula is C16H34O3. The molecule has 0 aromatic heterocycles. The average molecular weight is 274 g/mol.